The van der Waals surface area contributed by atoms with E-state index in [0.29, 0.717) is 6.61 Å². The third kappa shape index (κ3) is 10.2. The maximum atomic E-state index is 11.6. The quantitative estimate of drug-likeness (QED) is 0.315. The molecule has 0 spiro atoms. The van der Waals surface area contributed by atoms with Crippen LogP contribution in [0.2, 0.25) is 0 Å². The molecule has 6 N–H and O–H groups in total. The van der Waals surface area contributed by atoms with Crippen LogP contribution in [0, 0.1) is 17.8 Å². The molecule has 6 unspecified atom stereocenters. The fourth-order valence-corrected chi connectivity index (χ4v) is 4.56. The number of carboxylic acids is 1. The molecule has 0 fully saturated rings. The molecular formula is C29H49NO7. The standard InChI is InChI=1S/C22H36O4.C5H5NO2.CH4O.CH4/c1-14(17(4)23)12-19-8-9-20-7-6-10-26-21(18(5)24)15(2)11-16(3)22(20,25)13-19;7-5(8)4-2-1-3-6-4;1-2;/h8-9,11,13-15,17-18,20-21,23-25H,6-7,10,12H2,1-5H3;1-3,6H,(H,7,8);2H,1H3;1H4/b16-11+;;;/t14-,15?,17?,18?,20?,21?,22?;;;/m0.../s1. The van der Waals surface area contributed by atoms with Crippen LogP contribution >= 0.6 is 0 Å². The lowest BCUT2D eigenvalue weighted by Gasteiger charge is -2.39. The van der Waals surface area contributed by atoms with Crippen molar-refractivity contribution in [2.45, 2.75) is 85.2 Å². The highest BCUT2D eigenvalue weighted by atomic mass is 16.5. The summed E-state index contributed by atoms with van der Waals surface area (Å²) in [6.45, 7) is 10.2. The van der Waals surface area contributed by atoms with Crippen LogP contribution in [0.3, 0.4) is 0 Å². The molecular weight excluding hydrogens is 474 g/mol. The van der Waals surface area contributed by atoms with Gasteiger partial charge in [-0.05, 0) is 75.3 Å². The number of hydrogen-bond acceptors (Lipinski definition) is 6. The minimum absolute atomic E-state index is 0. The van der Waals surface area contributed by atoms with Crippen LogP contribution in [0.1, 0.15) is 71.8 Å². The molecule has 8 heteroatoms. The van der Waals surface area contributed by atoms with E-state index < -0.39 is 17.7 Å². The number of aromatic amines is 1. The molecule has 1 aromatic rings. The zero-order valence-corrected chi connectivity index (χ0v) is 22.4. The topological polar surface area (TPSA) is 143 Å². The monoisotopic (exact) mass is 523 g/mol. The first-order valence-corrected chi connectivity index (χ1v) is 12.6. The Kier molecular flexibility index (Phi) is 15.6. The van der Waals surface area contributed by atoms with Crippen molar-refractivity contribution in [3.8, 4) is 0 Å². The summed E-state index contributed by atoms with van der Waals surface area (Å²) in [4.78, 5) is 12.6. The number of carbonyl (C=O) groups is 1. The summed E-state index contributed by atoms with van der Waals surface area (Å²) in [5.41, 5.74) is 1.18. The maximum absolute atomic E-state index is 11.6. The van der Waals surface area contributed by atoms with E-state index >= 15 is 0 Å². The molecule has 7 atom stereocenters. The van der Waals surface area contributed by atoms with Gasteiger partial charge >= 0.3 is 5.97 Å². The van der Waals surface area contributed by atoms with Gasteiger partial charge in [-0.1, -0.05) is 39.5 Å². The molecule has 1 aliphatic carbocycles. The fourth-order valence-electron chi connectivity index (χ4n) is 4.56. The molecule has 0 radical (unpaired) electrons. The third-order valence-electron chi connectivity index (χ3n) is 6.83. The molecule has 0 saturated heterocycles. The molecule has 0 aromatic carbocycles. The van der Waals surface area contributed by atoms with Gasteiger partial charge in [-0.25, -0.2) is 4.79 Å². The lowest BCUT2D eigenvalue weighted by Crippen LogP contribution is -2.41. The number of carboxylic acid groups (broad SMARTS) is 1. The number of aromatic nitrogens is 1. The molecule has 0 amide bonds. The van der Waals surface area contributed by atoms with Gasteiger partial charge in [0, 0.05) is 31.7 Å². The van der Waals surface area contributed by atoms with Gasteiger partial charge in [0.15, 0.2) is 0 Å². The van der Waals surface area contributed by atoms with Gasteiger partial charge in [0.25, 0.3) is 0 Å². The van der Waals surface area contributed by atoms with Crippen molar-refractivity contribution in [1.29, 1.82) is 0 Å². The van der Waals surface area contributed by atoms with E-state index in [1.54, 1.807) is 19.2 Å². The smallest absolute Gasteiger partial charge is 0.352 e. The number of fused-ring (bicyclic) bond motifs is 1. The second-order valence-corrected chi connectivity index (χ2v) is 9.75. The first kappa shape index (κ1) is 34.8. The summed E-state index contributed by atoms with van der Waals surface area (Å²) in [5.74, 6) is -0.753. The predicted octanol–water partition coefficient (Wildman–Crippen LogP) is 4.34. The number of hydrogen-bond donors (Lipinski definition) is 6. The van der Waals surface area contributed by atoms with Crippen LogP contribution in [0.4, 0.5) is 0 Å². The number of aliphatic hydroxyl groups excluding tert-OH is 3. The summed E-state index contributed by atoms with van der Waals surface area (Å²) in [6, 6.07) is 3.14. The Labute approximate surface area is 222 Å². The molecule has 0 bridgehead atoms. The number of nitrogens with one attached hydrogen (secondary N) is 1. The van der Waals surface area contributed by atoms with Crippen LogP contribution in [-0.4, -0.2) is 74.1 Å². The Morgan fingerprint density at radius 1 is 1.24 bits per heavy atom. The largest absolute Gasteiger partial charge is 0.477 e. The molecule has 8 nitrogen and oxygen atoms in total. The van der Waals surface area contributed by atoms with Crippen molar-refractivity contribution < 1.29 is 35.1 Å². The van der Waals surface area contributed by atoms with E-state index in [0.717, 1.165) is 37.5 Å². The van der Waals surface area contributed by atoms with Crippen LogP contribution in [0.5, 0.6) is 0 Å². The van der Waals surface area contributed by atoms with Crippen molar-refractivity contribution >= 4 is 5.97 Å². The predicted molar refractivity (Wildman–Crippen MR) is 147 cm³/mol. The van der Waals surface area contributed by atoms with Gasteiger partial charge < -0.3 is 35.3 Å². The number of aromatic carboxylic acids is 1. The lowest BCUT2D eigenvalue weighted by molar-refractivity contribution is -0.0531. The van der Waals surface area contributed by atoms with E-state index in [-0.39, 0.29) is 43.1 Å². The van der Waals surface area contributed by atoms with Crippen molar-refractivity contribution in [3.63, 3.8) is 0 Å². The van der Waals surface area contributed by atoms with Gasteiger partial charge in [0.2, 0.25) is 0 Å². The first-order valence-electron chi connectivity index (χ1n) is 12.6. The third-order valence-corrected chi connectivity index (χ3v) is 6.83. The second-order valence-electron chi connectivity index (χ2n) is 9.75. The van der Waals surface area contributed by atoms with Crippen LogP contribution < -0.4 is 0 Å². The SMILES string of the molecule is C.C/C1=C\C(C)C(C(C)O)OCCCC2C=CC(C[C@H](C)C(C)O)=CC12O.CO.O=C(O)c1ccc[nH]1. The molecule has 1 aromatic heterocycles. The Morgan fingerprint density at radius 3 is 2.38 bits per heavy atom. The molecule has 2 heterocycles. The molecule has 0 saturated carbocycles. The lowest BCUT2D eigenvalue weighted by atomic mass is 9.72. The average Bonchev–Trinajstić information content (AvgIpc) is 3.36. The minimum atomic E-state index is -1.02. The van der Waals surface area contributed by atoms with Crippen LogP contribution in [0.25, 0.3) is 0 Å². The Balaban J connectivity index is 0.000000993. The van der Waals surface area contributed by atoms with Gasteiger partial charge in [-0.2, -0.15) is 0 Å². The van der Waals surface area contributed by atoms with Gasteiger partial charge in [0.1, 0.15) is 11.3 Å². The van der Waals surface area contributed by atoms with Gasteiger partial charge in [-0.15, -0.1) is 0 Å². The van der Waals surface area contributed by atoms with Gasteiger partial charge in [-0.3, -0.25) is 0 Å². The normalized spacial score (nSPS) is 29.1. The van der Waals surface area contributed by atoms with E-state index in [2.05, 4.69) is 17.1 Å². The molecule has 3 rings (SSSR count). The highest BCUT2D eigenvalue weighted by Crippen LogP contribution is 2.39. The van der Waals surface area contributed by atoms with Crippen molar-refractivity contribution in [2.24, 2.45) is 17.8 Å². The Morgan fingerprint density at radius 2 is 1.89 bits per heavy atom. The van der Waals surface area contributed by atoms with Crippen molar-refractivity contribution in [1.82, 2.24) is 4.98 Å². The molecule has 212 valence electrons. The number of H-pyrrole nitrogens is 1. The van der Waals surface area contributed by atoms with Crippen LogP contribution in [-0.2, 0) is 4.74 Å². The molecule has 1 aliphatic heterocycles. The molecule has 2 aliphatic rings. The fraction of sp³-hybridized carbons (Fsp3) is 0.621. The summed E-state index contributed by atoms with van der Waals surface area (Å²) >= 11 is 0. The number of rotatable bonds is 5. The maximum Gasteiger partial charge on any atom is 0.352 e. The number of ether oxygens (including phenoxy) is 1. The number of allylic oxidation sites excluding steroid dienone is 2. The second kappa shape index (κ2) is 16.6. The van der Waals surface area contributed by atoms with Crippen molar-refractivity contribution in [3.05, 3.63) is 59.5 Å². The van der Waals surface area contributed by atoms with E-state index in [4.69, 9.17) is 14.9 Å². The summed E-state index contributed by atoms with van der Waals surface area (Å²) in [5, 5.41) is 46.7. The van der Waals surface area contributed by atoms with Crippen molar-refractivity contribution in [2.75, 3.05) is 13.7 Å². The number of aliphatic hydroxyl groups is 4. The Hall–Kier alpha value is -2.23. The summed E-state index contributed by atoms with van der Waals surface area (Å²) in [7, 11) is 1.00. The molecule has 37 heavy (non-hydrogen) atoms. The highest BCUT2D eigenvalue weighted by molar-refractivity contribution is 5.85. The first-order chi connectivity index (χ1) is 17.0. The van der Waals surface area contributed by atoms with E-state index in [9.17, 15) is 20.1 Å². The Bertz CT molecular complexity index is 873. The highest BCUT2D eigenvalue weighted by Gasteiger charge is 2.38. The zero-order chi connectivity index (χ0) is 27.5. The minimum Gasteiger partial charge on any atom is -0.477 e. The summed E-state index contributed by atoms with van der Waals surface area (Å²) < 4.78 is 5.91. The summed E-state index contributed by atoms with van der Waals surface area (Å²) in [6.07, 6.45) is 11.0. The van der Waals surface area contributed by atoms with Crippen LogP contribution in [0.15, 0.2) is 53.8 Å². The van der Waals surface area contributed by atoms with Gasteiger partial charge in [0.05, 0.1) is 18.3 Å². The van der Waals surface area contributed by atoms with E-state index in [1.807, 2.05) is 39.8 Å². The van der Waals surface area contributed by atoms with E-state index in [1.165, 1.54) is 6.07 Å². The zero-order valence-electron chi connectivity index (χ0n) is 22.4. The average molecular weight is 524 g/mol.